The minimum absolute atomic E-state index is 0.0447. The normalized spacial score (nSPS) is 20.6. The van der Waals surface area contributed by atoms with Crippen LogP contribution in [0.15, 0.2) is 48.5 Å². The lowest BCUT2D eigenvalue weighted by molar-refractivity contribution is -0.0301. The Morgan fingerprint density at radius 3 is 2.10 bits per heavy atom. The van der Waals surface area contributed by atoms with Gasteiger partial charge in [-0.1, -0.05) is 41.9 Å². The Kier molecular flexibility index (Phi) is 7.18. The maximum absolute atomic E-state index is 14.0. The number of hydrogen-bond acceptors (Lipinski definition) is 5. The lowest BCUT2D eigenvalue weighted by Crippen LogP contribution is -2.55. The molecule has 0 amide bonds. The third-order valence-corrected chi connectivity index (χ3v) is 6.45. The van der Waals surface area contributed by atoms with E-state index in [-0.39, 0.29) is 17.9 Å². The van der Waals surface area contributed by atoms with E-state index in [9.17, 15) is 4.79 Å². The SMILES string of the molecule is Cc1cc(C(=O)[C@H]([C@H](c2ccccc2)N2CCOCC2)N2CCOCC2)ccc1Cl. The van der Waals surface area contributed by atoms with Gasteiger partial charge in [-0.2, -0.15) is 0 Å². The van der Waals surface area contributed by atoms with E-state index in [0.29, 0.717) is 37.0 Å². The molecule has 2 aliphatic rings. The van der Waals surface area contributed by atoms with Crippen LogP contribution in [0.5, 0.6) is 0 Å². The van der Waals surface area contributed by atoms with Crippen molar-refractivity contribution in [2.75, 3.05) is 52.6 Å². The summed E-state index contributed by atoms with van der Waals surface area (Å²) >= 11 is 6.23. The minimum atomic E-state index is -0.296. The average Bonchev–Trinajstić information content (AvgIpc) is 2.80. The number of aryl methyl sites for hydroxylation is 1. The van der Waals surface area contributed by atoms with Gasteiger partial charge in [0.15, 0.2) is 5.78 Å². The van der Waals surface area contributed by atoms with Crippen molar-refractivity contribution in [2.24, 2.45) is 0 Å². The molecule has 2 heterocycles. The Bertz CT molecular complexity index is 849. The van der Waals surface area contributed by atoms with Crippen molar-refractivity contribution in [1.82, 2.24) is 9.80 Å². The van der Waals surface area contributed by atoms with E-state index in [1.54, 1.807) is 0 Å². The highest BCUT2D eigenvalue weighted by Crippen LogP contribution is 2.32. The maximum Gasteiger partial charge on any atom is 0.181 e. The number of carbonyl (C=O) groups is 1. The summed E-state index contributed by atoms with van der Waals surface area (Å²) in [4.78, 5) is 18.7. The van der Waals surface area contributed by atoms with Crippen LogP contribution in [0.4, 0.5) is 0 Å². The van der Waals surface area contributed by atoms with E-state index < -0.39 is 0 Å². The number of carbonyl (C=O) groups excluding carboxylic acids is 1. The third kappa shape index (κ3) is 4.76. The zero-order valence-electron chi connectivity index (χ0n) is 17.4. The van der Waals surface area contributed by atoms with Crippen molar-refractivity contribution >= 4 is 17.4 Å². The average molecular weight is 429 g/mol. The Labute approximate surface area is 183 Å². The molecular formula is C24H29ClN2O3. The van der Waals surface area contributed by atoms with Gasteiger partial charge in [0.2, 0.25) is 0 Å². The smallest absolute Gasteiger partial charge is 0.181 e. The molecular weight excluding hydrogens is 400 g/mol. The molecule has 0 unspecified atom stereocenters. The number of ether oxygens (including phenoxy) is 2. The minimum Gasteiger partial charge on any atom is -0.379 e. The van der Waals surface area contributed by atoms with E-state index in [1.165, 1.54) is 0 Å². The largest absolute Gasteiger partial charge is 0.379 e. The fourth-order valence-electron chi connectivity index (χ4n) is 4.43. The molecule has 2 aromatic carbocycles. The number of hydrogen-bond donors (Lipinski definition) is 0. The molecule has 0 saturated carbocycles. The zero-order chi connectivity index (χ0) is 20.9. The summed E-state index contributed by atoms with van der Waals surface area (Å²) in [7, 11) is 0. The molecule has 30 heavy (non-hydrogen) atoms. The van der Waals surface area contributed by atoms with Crippen LogP contribution in [0.2, 0.25) is 5.02 Å². The number of halogens is 1. The Hall–Kier alpha value is -1.76. The first-order valence-corrected chi connectivity index (χ1v) is 11.0. The number of Topliss-reactive ketones (excluding diaryl/α,β-unsaturated/α-hetero) is 1. The summed E-state index contributed by atoms with van der Waals surface area (Å²) < 4.78 is 11.2. The van der Waals surface area contributed by atoms with Gasteiger partial charge >= 0.3 is 0 Å². The second kappa shape index (κ2) is 10.0. The van der Waals surface area contributed by atoms with Gasteiger partial charge in [0.05, 0.1) is 38.5 Å². The molecule has 0 spiro atoms. The highest BCUT2D eigenvalue weighted by Gasteiger charge is 2.39. The fourth-order valence-corrected chi connectivity index (χ4v) is 4.55. The third-order valence-electron chi connectivity index (χ3n) is 6.03. The second-order valence-electron chi connectivity index (χ2n) is 7.93. The van der Waals surface area contributed by atoms with Crippen molar-refractivity contribution in [3.63, 3.8) is 0 Å². The van der Waals surface area contributed by atoms with Crippen LogP contribution in [0.3, 0.4) is 0 Å². The number of nitrogens with zero attached hydrogens (tertiary/aromatic N) is 2. The number of ketones is 1. The monoisotopic (exact) mass is 428 g/mol. The Balaban J connectivity index is 1.76. The van der Waals surface area contributed by atoms with Gasteiger partial charge in [-0.25, -0.2) is 0 Å². The molecule has 4 rings (SSSR count). The van der Waals surface area contributed by atoms with Crippen LogP contribution >= 0.6 is 11.6 Å². The van der Waals surface area contributed by atoms with Crippen molar-refractivity contribution in [1.29, 1.82) is 0 Å². The topological polar surface area (TPSA) is 42.0 Å². The molecule has 2 fully saturated rings. The predicted octanol–water partition coefficient (Wildman–Crippen LogP) is 3.61. The van der Waals surface area contributed by atoms with E-state index in [2.05, 4.69) is 34.1 Å². The van der Waals surface area contributed by atoms with Crippen molar-refractivity contribution < 1.29 is 14.3 Å². The van der Waals surface area contributed by atoms with E-state index in [1.807, 2.05) is 31.2 Å². The van der Waals surface area contributed by atoms with Crippen LogP contribution in [0.25, 0.3) is 0 Å². The Morgan fingerprint density at radius 2 is 1.50 bits per heavy atom. The van der Waals surface area contributed by atoms with Crippen LogP contribution in [-0.2, 0) is 9.47 Å². The maximum atomic E-state index is 14.0. The van der Waals surface area contributed by atoms with Crippen molar-refractivity contribution in [3.05, 3.63) is 70.2 Å². The summed E-state index contributed by atoms with van der Waals surface area (Å²) in [5, 5.41) is 0.683. The molecule has 5 nitrogen and oxygen atoms in total. The van der Waals surface area contributed by atoms with Crippen molar-refractivity contribution in [3.8, 4) is 0 Å². The summed E-state index contributed by atoms with van der Waals surface area (Å²) in [6, 6.07) is 15.6. The van der Waals surface area contributed by atoms with Gasteiger partial charge in [-0.05, 0) is 36.2 Å². The molecule has 0 bridgehead atoms. The van der Waals surface area contributed by atoms with E-state index in [0.717, 1.165) is 37.3 Å². The molecule has 0 aliphatic carbocycles. The van der Waals surface area contributed by atoms with Crippen molar-refractivity contribution in [2.45, 2.75) is 19.0 Å². The first-order valence-electron chi connectivity index (χ1n) is 10.6. The second-order valence-corrected chi connectivity index (χ2v) is 8.33. The van der Waals surface area contributed by atoms with Gasteiger partial charge in [0.25, 0.3) is 0 Å². The molecule has 0 radical (unpaired) electrons. The highest BCUT2D eigenvalue weighted by atomic mass is 35.5. The summed E-state index contributed by atoms with van der Waals surface area (Å²) in [5.41, 5.74) is 2.79. The molecule has 2 atom stereocenters. The fraction of sp³-hybridized carbons (Fsp3) is 0.458. The lowest BCUT2D eigenvalue weighted by Gasteiger charge is -2.44. The number of benzene rings is 2. The lowest BCUT2D eigenvalue weighted by atomic mass is 9.89. The molecule has 160 valence electrons. The summed E-state index contributed by atoms with van der Waals surface area (Å²) in [5.74, 6) is 0.136. The number of rotatable bonds is 6. The first kappa shape index (κ1) is 21.5. The van der Waals surface area contributed by atoms with Gasteiger partial charge in [0.1, 0.15) is 0 Å². The van der Waals surface area contributed by atoms with Crippen LogP contribution in [-0.4, -0.2) is 74.2 Å². The molecule has 0 N–H and O–H groups in total. The summed E-state index contributed by atoms with van der Waals surface area (Å²) in [6.45, 7) is 7.73. The van der Waals surface area contributed by atoms with Gasteiger partial charge < -0.3 is 9.47 Å². The number of morpholine rings is 2. The van der Waals surface area contributed by atoms with E-state index >= 15 is 0 Å². The van der Waals surface area contributed by atoms with E-state index in [4.69, 9.17) is 21.1 Å². The Morgan fingerprint density at radius 1 is 0.900 bits per heavy atom. The molecule has 2 aliphatic heterocycles. The molecule has 2 aromatic rings. The van der Waals surface area contributed by atoms with Crippen LogP contribution < -0.4 is 0 Å². The first-order chi connectivity index (χ1) is 14.6. The molecule has 0 aromatic heterocycles. The van der Waals surface area contributed by atoms with Crippen LogP contribution in [0, 0.1) is 6.92 Å². The molecule has 6 heteroatoms. The predicted molar refractivity (Wildman–Crippen MR) is 118 cm³/mol. The zero-order valence-corrected chi connectivity index (χ0v) is 18.2. The van der Waals surface area contributed by atoms with Gasteiger partial charge in [-0.3, -0.25) is 14.6 Å². The van der Waals surface area contributed by atoms with Crippen LogP contribution in [0.1, 0.15) is 27.5 Å². The van der Waals surface area contributed by atoms with Gasteiger partial charge in [0, 0.05) is 36.8 Å². The summed E-state index contributed by atoms with van der Waals surface area (Å²) in [6.07, 6.45) is 0. The van der Waals surface area contributed by atoms with Gasteiger partial charge in [-0.15, -0.1) is 0 Å². The quantitative estimate of drug-likeness (QED) is 0.657. The molecule has 2 saturated heterocycles. The standard InChI is InChI=1S/C24H29ClN2O3/c1-18-17-20(7-8-21(18)25)24(28)23(27-11-15-30-16-12-27)22(19-5-3-2-4-6-19)26-9-13-29-14-10-26/h2-8,17,22-23H,9-16H2,1H3/t22-,23-/m0/s1. The highest BCUT2D eigenvalue weighted by molar-refractivity contribution is 6.31.